The second-order valence-corrected chi connectivity index (χ2v) is 11.4. The zero-order valence-electron chi connectivity index (χ0n) is 21.7. The second-order valence-electron chi connectivity index (χ2n) is 10.5. The third-order valence-electron chi connectivity index (χ3n) is 6.84. The van der Waals surface area contributed by atoms with Gasteiger partial charge >= 0.3 is 0 Å². The fourth-order valence-corrected chi connectivity index (χ4v) is 5.26. The standard InChI is InChI=1S/C30H27BrN4O3/c1-18-23(15-32-35-28(36)22-14-20(31)10-11-24(22)33-29(35)30(2,3)4)21-7-5-6-8-25(21)34(18)16-19-9-12-26-27(13-19)38-17-37-26/h5-15H,16-17H2,1-4H3. The molecule has 0 spiro atoms. The molecule has 5 aromatic rings. The average molecular weight is 571 g/mol. The van der Waals surface area contributed by atoms with Crippen molar-refractivity contribution in [3.63, 3.8) is 0 Å². The summed E-state index contributed by atoms with van der Waals surface area (Å²) in [5.41, 5.74) is 4.28. The van der Waals surface area contributed by atoms with Gasteiger partial charge in [-0.3, -0.25) is 4.79 Å². The summed E-state index contributed by atoms with van der Waals surface area (Å²) in [5, 5.41) is 6.34. The summed E-state index contributed by atoms with van der Waals surface area (Å²) in [6.45, 7) is 9.10. The predicted octanol–water partition coefficient (Wildman–Crippen LogP) is 6.38. The van der Waals surface area contributed by atoms with E-state index in [1.54, 1.807) is 12.3 Å². The van der Waals surface area contributed by atoms with E-state index < -0.39 is 0 Å². The normalized spacial score (nSPS) is 13.3. The SMILES string of the molecule is Cc1c(C=Nn2c(C(C)(C)C)nc3ccc(Br)cc3c2=O)c2ccccc2n1Cc1ccc2c(c1)OCO2. The molecule has 3 heterocycles. The van der Waals surface area contributed by atoms with Crippen LogP contribution in [0.4, 0.5) is 0 Å². The van der Waals surface area contributed by atoms with Gasteiger partial charge in [0.25, 0.3) is 5.56 Å². The van der Waals surface area contributed by atoms with Gasteiger partial charge in [-0.15, -0.1) is 0 Å². The fourth-order valence-electron chi connectivity index (χ4n) is 4.90. The number of fused-ring (bicyclic) bond motifs is 3. The first kappa shape index (κ1) is 24.4. The molecule has 1 aliphatic rings. The summed E-state index contributed by atoms with van der Waals surface area (Å²) in [6, 6.07) is 19.8. The number of halogens is 1. The topological polar surface area (TPSA) is 70.6 Å². The Balaban J connectivity index is 1.48. The lowest BCUT2D eigenvalue weighted by Crippen LogP contribution is -2.29. The summed E-state index contributed by atoms with van der Waals surface area (Å²) in [4.78, 5) is 18.5. The van der Waals surface area contributed by atoms with Crippen LogP contribution in [-0.2, 0) is 12.0 Å². The molecule has 0 amide bonds. The van der Waals surface area contributed by atoms with E-state index in [1.807, 2.05) is 57.2 Å². The van der Waals surface area contributed by atoms with Crippen LogP contribution >= 0.6 is 15.9 Å². The van der Waals surface area contributed by atoms with Crippen LogP contribution in [0, 0.1) is 6.92 Å². The van der Waals surface area contributed by atoms with Crippen LogP contribution in [0.3, 0.4) is 0 Å². The molecule has 0 bridgehead atoms. The lowest BCUT2D eigenvalue weighted by molar-refractivity contribution is 0.174. The number of ether oxygens (including phenoxy) is 2. The van der Waals surface area contributed by atoms with E-state index in [0.717, 1.165) is 43.7 Å². The molecule has 192 valence electrons. The number of hydrogen-bond donors (Lipinski definition) is 0. The van der Waals surface area contributed by atoms with Gasteiger partial charge in [-0.1, -0.05) is 61.0 Å². The Labute approximate surface area is 228 Å². The lowest BCUT2D eigenvalue weighted by Gasteiger charge is -2.20. The van der Waals surface area contributed by atoms with Crippen molar-refractivity contribution in [3.8, 4) is 11.5 Å². The minimum absolute atomic E-state index is 0.195. The number of rotatable bonds is 4. The largest absolute Gasteiger partial charge is 0.454 e. The maximum atomic E-state index is 13.6. The zero-order valence-corrected chi connectivity index (χ0v) is 23.2. The average Bonchev–Trinajstić information content (AvgIpc) is 3.45. The Morgan fingerprint density at radius 1 is 1.03 bits per heavy atom. The summed E-state index contributed by atoms with van der Waals surface area (Å²) in [7, 11) is 0. The van der Waals surface area contributed by atoms with Crippen molar-refractivity contribution in [2.24, 2.45) is 5.10 Å². The van der Waals surface area contributed by atoms with E-state index in [0.29, 0.717) is 23.3 Å². The van der Waals surface area contributed by atoms with Crippen LogP contribution in [0.1, 0.15) is 43.4 Å². The van der Waals surface area contributed by atoms with Crippen LogP contribution in [-0.4, -0.2) is 27.2 Å². The molecule has 8 heteroatoms. The molecule has 0 N–H and O–H groups in total. The first-order valence-corrected chi connectivity index (χ1v) is 13.2. The minimum Gasteiger partial charge on any atom is -0.454 e. The highest BCUT2D eigenvalue weighted by Gasteiger charge is 2.23. The van der Waals surface area contributed by atoms with Crippen LogP contribution < -0.4 is 15.0 Å². The van der Waals surface area contributed by atoms with E-state index in [1.165, 1.54) is 4.68 Å². The van der Waals surface area contributed by atoms with Gasteiger partial charge in [-0.25, -0.2) is 4.98 Å². The van der Waals surface area contributed by atoms with Crippen molar-refractivity contribution in [1.29, 1.82) is 0 Å². The number of nitrogens with zero attached hydrogens (tertiary/aromatic N) is 4. The molecule has 0 saturated heterocycles. The van der Waals surface area contributed by atoms with Crippen LogP contribution in [0.5, 0.6) is 11.5 Å². The molecule has 0 saturated carbocycles. The van der Waals surface area contributed by atoms with Crippen LogP contribution in [0.2, 0.25) is 0 Å². The summed E-state index contributed by atoms with van der Waals surface area (Å²) in [6.07, 6.45) is 1.79. The predicted molar refractivity (Wildman–Crippen MR) is 154 cm³/mol. The number of benzene rings is 3. The maximum absolute atomic E-state index is 13.6. The third-order valence-corrected chi connectivity index (χ3v) is 7.33. The second kappa shape index (κ2) is 9.13. The number of aromatic nitrogens is 3. The van der Waals surface area contributed by atoms with Gasteiger partial charge in [0.15, 0.2) is 11.5 Å². The molecule has 0 aliphatic carbocycles. The molecular weight excluding hydrogens is 544 g/mol. The van der Waals surface area contributed by atoms with E-state index in [2.05, 4.69) is 45.6 Å². The minimum atomic E-state index is -0.389. The molecule has 0 radical (unpaired) electrons. The van der Waals surface area contributed by atoms with E-state index >= 15 is 0 Å². The van der Waals surface area contributed by atoms with Gasteiger partial charge in [0.1, 0.15) is 5.82 Å². The Morgan fingerprint density at radius 2 is 1.82 bits per heavy atom. The van der Waals surface area contributed by atoms with Gasteiger partial charge in [0, 0.05) is 38.6 Å². The molecule has 38 heavy (non-hydrogen) atoms. The molecule has 2 aromatic heterocycles. The summed E-state index contributed by atoms with van der Waals surface area (Å²) < 4.78 is 15.6. The summed E-state index contributed by atoms with van der Waals surface area (Å²) in [5.74, 6) is 2.14. The van der Waals surface area contributed by atoms with Gasteiger partial charge in [-0.05, 0) is 48.9 Å². The Kier molecular flexibility index (Phi) is 5.87. The van der Waals surface area contributed by atoms with E-state index in [4.69, 9.17) is 19.6 Å². The highest BCUT2D eigenvalue weighted by molar-refractivity contribution is 9.10. The highest BCUT2D eigenvalue weighted by Crippen LogP contribution is 2.34. The van der Waals surface area contributed by atoms with Gasteiger partial charge in [-0.2, -0.15) is 9.78 Å². The van der Waals surface area contributed by atoms with Crippen LogP contribution in [0.15, 0.2) is 75.0 Å². The van der Waals surface area contributed by atoms with E-state index in [-0.39, 0.29) is 17.8 Å². The molecule has 6 rings (SSSR count). The van der Waals surface area contributed by atoms with Gasteiger partial charge in [0.2, 0.25) is 6.79 Å². The van der Waals surface area contributed by atoms with Crippen molar-refractivity contribution in [1.82, 2.24) is 14.2 Å². The molecule has 0 unspecified atom stereocenters. The monoisotopic (exact) mass is 570 g/mol. The first-order valence-electron chi connectivity index (χ1n) is 12.4. The molecule has 0 atom stereocenters. The molecule has 1 aliphatic heterocycles. The lowest BCUT2D eigenvalue weighted by atomic mass is 9.95. The Morgan fingerprint density at radius 3 is 2.63 bits per heavy atom. The molecule has 7 nitrogen and oxygen atoms in total. The van der Waals surface area contributed by atoms with Crippen molar-refractivity contribution in [3.05, 3.63) is 98.1 Å². The van der Waals surface area contributed by atoms with Crippen molar-refractivity contribution < 1.29 is 9.47 Å². The maximum Gasteiger partial charge on any atom is 0.282 e. The smallest absolute Gasteiger partial charge is 0.282 e. The third kappa shape index (κ3) is 4.19. The fraction of sp³-hybridized carbons (Fsp3) is 0.233. The van der Waals surface area contributed by atoms with Crippen molar-refractivity contribution in [2.75, 3.05) is 6.79 Å². The van der Waals surface area contributed by atoms with Crippen molar-refractivity contribution in [2.45, 2.75) is 39.7 Å². The molecular formula is C30H27BrN4O3. The zero-order chi connectivity index (χ0) is 26.6. The molecule has 3 aromatic carbocycles. The first-order chi connectivity index (χ1) is 18.2. The highest BCUT2D eigenvalue weighted by atomic mass is 79.9. The Bertz CT molecular complexity index is 1810. The molecule has 0 fully saturated rings. The Hall–Kier alpha value is -3.91. The van der Waals surface area contributed by atoms with Crippen molar-refractivity contribution >= 4 is 44.0 Å². The van der Waals surface area contributed by atoms with E-state index in [9.17, 15) is 4.79 Å². The van der Waals surface area contributed by atoms with Crippen LogP contribution in [0.25, 0.3) is 21.8 Å². The quantitative estimate of drug-likeness (QED) is 0.235. The van der Waals surface area contributed by atoms with Gasteiger partial charge in [0.05, 0.1) is 17.1 Å². The number of hydrogen-bond acceptors (Lipinski definition) is 5. The summed E-state index contributed by atoms with van der Waals surface area (Å²) >= 11 is 3.48. The number of para-hydroxylation sites is 1. The van der Waals surface area contributed by atoms with Gasteiger partial charge < -0.3 is 14.0 Å².